The van der Waals surface area contributed by atoms with Crippen LogP contribution in [0, 0.1) is 5.41 Å². The first kappa shape index (κ1) is 13.1. The number of hydrogen-bond donors (Lipinski definition) is 2. The zero-order valence-corrected chi connectivity index (χ0v) is 10.4. The molecule has 0 aliphatic carbocycles. The minimum absolute atomic E-state index is 0.00219. The number of rotatable bonds is 7. The second-order valence-electron chi connectivity index (χ2n) is 4.35. The Balaban J connectivity index is 2.39. The molecule has 5 heteroatoms. The normalized spacial score (nSPS) is 12.0. The molecule has 1 aromatic heterocycles. The van der Waals surface area contributed by atoms with Gasteiger partial charge in [-0.2, -0.15) is 0 Å². The minimum Gasteiger partial charge on any atom is -0.396 e. The summed E-state index contributed by atoms with van der Waals surface area (Å²) in [5.74, 6) is 0. The van der Waals surface area contributed by atoms with E-state index in [2.05, 4.69) is 29.5 Å². The van der Waals surface area contributed by atoms with Gasteiger partial charge in [-0.3, -0.25) is 4.68 Å². The Bertz CT molecular complexity index is 298. The van der Waals surface area contributed by atoms with Crippen molar-refractivity contribution >= 4 is 0 Å². The summed E-state index contributed by atoms with van der Waals surface area (Å²) in [5, 5.41) is 20.6. The van der Waals surface area contributed by atoms with Gasteiger partial charge >= 0.3 is 0 Å². The maximum atomic E-state index is 9.41. The van der Waals surface area contributed by atoms with Crippen molar-refractivity contribution in [2.24, 2.45) is 12.5 Å². The number of hydrogen-bond acceptors (Lipinski definition) is 4. The predicted octanol–water partition coefficient (Wildman–Crippen LogP) is 0.703. The monoisotopic (exact) mass is 226 g/mol. The molecule has 0 spiro atoms. The fourth-order valence-electron chi connectivity index (χ4n) is 1.71. The van der Waals surface area contributed by atoms with Crippen molar-refractivity contribution in [3.05, 3.63) is 11.9 Å². The minimum atomic E-state index is 0.00219. The quantitative estimate of drug-likeness (QED) is 0.718. The van der Waals surface area contributed by atoms with E-state index in [0.29, 0.717) is 6.54 Å². The van der Waals surface area contributed by atoms with Crippen LogP contribution in [0.5, 0.6) is 0 Å². The molecule has 0 saturated heterocycles. The molecule has 0 aliphatic rings. The molecule has 0 radical (unpaired) electrons. The largest absolute Gasteiger partial charge is 0.396 e. The Labute approximate surface area is 96.9 Å². The molecule has 2 N–H and O–H groups in total. The number of nitrogens with zero attached hydrogens (tertiary/aromatic N) is 3. The van der Waals surface area contributed by atoms with E-state index in [1.54, 1.807) is 4.68 Å². The lowest BCUT2D eigenvalue weighted by Gasteiger charge is -2.29. The van der Waals surface area contributed by atoms with Crippen LogP contribution in [0.15, 0.2) is 6.20 Å². The lowest BCUT2D eigenvalue weighted by atomic mass is 9.83. The molecule has 1 rings (SSSR count). The second kappa shape index (κ2) is 5.96. The molecular formula is C11H22N4O. The number of aliphatic hydroxyl groups excluding tert-OH is 1. The van der Waals surface area contributed by atoms with Crippen molar-refractivity contribution in [1.29, 1.82) is 0 Å². The van der Waals surface area contributed by atoms with Crippen LogP contribution in [0.25, 0.3) is 0 Å². The van der Waals surface area contributed by atoms with Crippen LogP contribution in [0.3, 0.4) is 0 Å². The van der Waals surface area contributed by atoms with E-state index in [9.17, 15) is 5.11 Å². The highest BCUT2D eigenvalue weighted by Crippen LogP contribution is 2.24. The van der Waals surface area contributed by atoms with Gasteiger partial charge in [0.1, 0.15) is 0 Å². The van der Waals surface area contributed by atoms with Gasteiger partial charge in [0.25, 0.3) is 0 Å². The van der Waals surface area contributed by atoms with Gasteiger partial charge in [-0.1, -0.05) is 19.1 Å². The van der Waals surface area contributed by atoms with E-state index in [4.69, 9.17) is 0 Å². The SMILES string of the molecule is CCC(CC)(CO)CNCc1cn(C)nn1. The van der Waals surface area contributed by atoms with Crippen molar-refractivity contribution in [1.82, 2.24) is 20.3 Å². The summed E-state index contributed by atoms with van der Waals surface area (Å²) in [4.78, 5) is 0. The Hall–Kier alpha value is -0.940. The first-order valence-corrected chi connectivity index (χ1v) is 5.82. The summed E-state index contributed by atoms with van der Waals surface area (Å²) < 4.78 is 1.69. The predicted molar refractivity (Wildman–Crippen MR) is 62.8 cm³/mol. The summed E-state index contributed by atoms with van der Waals surface area (Å²) in [6, 6.07) is 0. The van der Waals surface area contributed by atoms with Crippen molar-refractivity contribution < 1.29 is 5.11 Å². The number of aliphatic hydroxyl groups is 1. The molecule has 0 aliphatic heterocycles. The Morgan fingerprint density at radius 1 is 1.44 bits per heavy atom. The summed E-state index contributed by atoms with van der Waals surface area (Å²) in [6.07, 6.45) is 3.85. The van der Waals surface area contributed by atoms with Gasteiger partial charge in [-0.15, -0.1) is 5.10 Å². The third kappa shape index (κ3) is 3.28. The van der Waals surface area contributed by atoms with Gasteiger partial charge in [0.05, 0.1) is 5.69 Å². The van der Waals surface area contributed by atoms with E-state index in [1.807, 2.05) is 13.2 Å². The van der Waals surface area contributed by atoms with Crippen LogP contribution < -0.4 is 5.32 Å². The maximum absolute atomic E-state index is 9.41. The molecule has 0 fully saturated rings. The van der Waals surface area contributed by atoms with Crippen molar-refractivity contribution in [3.8, 4) is 0 Å². The van der Waals surface area contributed by atoms with Gasteiger partial charge in [0.15, 0.2) is 0 Å². The molecule has 0 unspecified atom stereocenters. The molecule has 0 bridgehead atoms. The number of aromatic nitrogens is 3. The van der Waals surface area contributed by atoms with Crippen LogP contribution in [0.2, 0.25) is 0 Å². The highest BCUT2D eigenvalue weighted by atomic mass is 16.3. The summed E-state index contributed by atoms with van der Waals surface area (Å²) >= 11 is 0. The van der Waals surface area contributed by atoms with Crippen LogP contribution in [-0.4, -0.2) is 33.3 Å². The smallest absolute Gasteiger partial charge is 0.0964 e. The zero-order chi connectivity index (χ0) is 12.0. The average molecular weight is 226 g/mol. The molecular weight excluding hydrogens is 204 g/mol. The lowest BCUT2D eigenvalue weighted by molar-refractivity contribution is 0.113. The standard InChI is InChI=1S/C11H22N4O/c1-4-11(5-2,9-16)8-12-6-10-7-15(3)14-13-10/h7,12,16H,4-6,8-9H2,1-3H3. The lowest BCUT2D eigenvalue weighted by Crippen LogP contribution is -2.36. The van der Waals surface area contributed by atoms with E-state index < -0.39 is 0 Å². The number of nitrogens with one attached hydrogen (secondary N) is 1. The third-order valence-corrected chi connectivity index (χ3v) is 3.29. The Morgan fingerprint density at radius 3 is 2.56 bits per heavy atom. The first-order chi connectivity index (χ1) is 7.65. The van der Waals surface area contributed by atoms with Gasteiger partial charge in [0.2, 0.25) is 0 Å². The maximum Gasteiger partial charge on any atom is 0.0964 e. The first-order valence-electron chi connectivity index (χ1n) is 5.82. The van der Waals surface area contributed by atoms with Crippen LogP contribution in [-0.2, 0) is 13.6 Å². The molecule has 0 saturated carbocycles. The van der Waals surface area contributed by atoms with Crippen LogP contribution in [0.4, 0.5) is 0 Å². The molecule has 0 aromatic carbocycles. The molecule has 16 heavy (non-hydrogen) atoms. The van der Waals surface area contributed by atoms with Crippen LogP contribution >= 0.6 is 0 Å². The molecule has 0 amide bonds. The highest BCUT2D eigenvalue weighted by molar-refractivity contribution is 4.91. The molecule has 92 valence electrons. The number of aryl methyl sites for hydroxylation is 1. The summed E-state index contributed by atoms with van der Waals surface area (Å²) in [5.41, 5.74) is 0.934. The molecule has 5 nitrogen and oxygen atoms in total. The third-order valence-electron chi connectivity index (χ3n) is 3.29. The van der Waals surface area contributed by atoms with Gasteiger partial charge in [0, 0.05) is 38.4 Å². The van der Waals surface area contributed by atoms with E-state index in [0.717, 1.165) is 25.1 Å². The van der Waals surface area contributed by atoms with Gasteiger partial charge in [-0.25, -0.2) is 0 Å². The topological polar surface area (TPSA) is 63.0 Å². The van der Waals surface area contributed by atoms with Gasteiger partial charge in [-0.05, 0) is 12.8 Å². The zero-order valence-electron chi connectivity index (χ0n) is 10.4. The second-order valence-corrected chi connectivity index (χ2v) is 4.35. The van der Waals surface area contributed by atoms with Crippen molar-refractivity contribution in [2.45, 2.75) is 33.2 Å². The van der Waals surface area contributed by atoms with E-state index in [1.165, 1.54) is 0 Å². The molecule has 1 heterocycles. The average Bonchev–Trinajstić information content (AvgIpc) is 2.71. The fraction of sp³-hybridized carbons (Fsp3) is 0.818. The fourth-order valence-corrected chi connectivity index (χ4v) is 1.71. The molecule has 0 atom stereocenters. The summed E-state index contributed by atoms with van der Waals surface area (Å²) in [7, 11) is 1.85. The Morgan fingerprint density at radius 2 is 2.12 bits per heavy atom. The van der Waals surface area contributed by atoms with E-state index in [-0.39, 0.29) is 12.0 Å². The van der Waals surface area contributed by atoms with Crippen LogP contribution in [0.1, 0.15) is 32.4 Å². The highest BCUT2D eigenvalue weighted by Gasteiger charge is 2.24. The van der Waals surface area contributed by atoms with E-state index >= 15 is 0 Å². The summed E-state index contributed by atoms with van der Waals surface area (Å²) in [6.45, 7) is 5.98. The molecule has 1 aromatic rings. The van der Waals surface area contributed by atoms with Gasteiger partial charge < -0.3 is 10.4 Å². The van der Waals surface area contributed by atoms with Crippen molar-refractivity contribution in [2.75, 3.05) is 13.2 Å². The van der Waals surface area contributed by atoms with Crippen molar-refractivity contribution in [3.63, 3.8) is 0 Å². The Kier molecular flexibility index (Phi) is 4.89.